The molecule has 2 rings (SSSR count). The van der Waals surface area contributed by atoms with Crippen LogP contribution in [0.3, 0.4) is 0 Å². The van der Waals surface area contributed by atoms with Gasteiger partial charge >= 0.3 is 0 Å². The van der Waals surface area contributed by atoms with E-state index in [4.69, 9.17) is 9.84 Å². The molecule has 1 aliphatic rings. The molecule has 0 unspecified atom stereocenters. The lowest BCUT2D eigenvalue weighted by Gasteiger charge is -2.15. The number of aliphatic hydroxyl groups excluding tert-OH is 1. The third kappa shape index (κ3) is 2.64. The number of rotatable bonds is 4. The molecule has 0 fully saturated rings. The Hall–Kier alpha value is -1.28. The van der Waals surface area contributed by atoms with Crippen molar-refractivity contribution in [2.24, 2.45) is 0 Å². The van der Waals surface area contributed by atoms with E-state index in [0.29, 0.717) is 13.0 Å². The van der Waals surface area contributed by atoms with Crippen molar-refractivity contribution < 1.29 is 9.84 Å². The van der Waals surface area contributed by atoms with Gasteiger partial charge in [-0.2, -0.15) is 0 Å². The number of ether oxygens (including phenoxy) is 1. The highest BCUT2D eigenvalue weighted by molar-refractivity contribution is 5.60. The van der Waals surface area contributed by atoms with E-state index in [1.807, 2.05) is 6.07 Å². The highest BCUT2D eigenvalue weighted by atomic mass is 16.5. The minimum Gasteiger partial charge on any atom is -0.493 e. The number of allylic oxidation sites excluding steroid dienone is 1. The second-order valence-corrected chi connectivity index (χ2v) is 4.28. The van der Waals surface area contributed by atoms with Crippen LogP contribution in [0.15, 0.2) is 23.8 Å². The molecule has 0 spiro atoms. The van der Waals surface area contributed by atoms with Gasteiger partial charge in [-0.3, -0.25) is 0 Å². The first-order valence-corrected chi connectivity index (χ1v) is 5.83. The highest BCUT2D eigenvalue weighted by Gasteiger charge is 2.08. The Morgan fingerprint density at radius 2 is 2.19 bits per heavy atom. The Balaban J connectivity index is 2.08. The zero-order chi connectivity index (χ0) is 11.4. The van der Waals surface area contributed by atoms with Crippen LogP contribution in [0.2, 0.25) is 0 Å². The number of hydrogen-bond acceptors (Lipinski definition) is 2. The molecule has 16 heavy (non-hydrogen) atoms. The molecular formula is C14H18O2. The highest BCUT2D eigenvalue weighted by Crippen LogP contribution is 2.27. The molecule has 0 bridgehead atoms. The first kappa shape index (κ1) is 11.2. The van der Waals surface area contributed by atoms with Gasteiger partial charge < -0.3 is 9.84 Å². The van der Waals surface area contributed by atoms with Crippen LogP contribution in [0.1, 0.15) is 30.9 Å². The van der Waals surface area contributed by atoms with E-state index in [1.54, 1.807) is 0 Å². The fourth-order valence-electron chi connectivity index (χ4n) is 1.95. The molecule has 1 aliphatic carbocycles. The normalized spacial score (nSPS) is 14.2. The van der Waals surface area contributed by atoms with E-state index in [1.165, 1.54) is 16.7 Å². The van der Waals surface area contributed by atoms with Gasteiger partial charge in [-0.15, -0.1) is 0 Å². The summed E-state index contributed by atoms with van der Waals surface area (Å²) in [5.74, 6) is 0.917. The molecule has 0 radical (unpaired) electrons. The quantitative estimate of drug-likeness (QED) is 0.787. The van der Waals surface area contributed by atoms with Crippen molar-refractivity contribution in [3.8, 4) is 5.75 Å². The Morgan fingerprint density at radius 1 is 1.31 bits per heavy atom. The van der Waals surface area contributed by atoms with Gasteiger partial charge in [-0.25, -0.2) is 0 Å². The average molecular weight is 218 g/mol. The maximum Gasteiger partial charge on any atom is 0.119 e. The van der Waals surface area contributed by atoms with Crippen LogP contribution in [-0.2, 0) is 6.42 Å². The minimum absolute atomic E-state index is 0.187. The van der Waals surface area contributed by atoms with Crippen LogP contribution in [0.5, 0.6) is 5.75 Å². The van der Waals surface area contributed by atoms with Gasteiger partial charge in [0, 0.05) is 13.0 Å². The number of benzene rings is 1. The van der Waals surface area contributed by atoms with Crippen molar-refractivity contribution in [1.82, 2.24) is 0 Å². The van der Waals surface area contributed by atoms with Crippen molar-refractivity contribution in [3.63, 3.8) is 0 Å². The third-order valence-electron chi connectivity index (χ3n) is 2.88. The molecular weight excluding hydrogens is 200 g/mol. The molecule has 2 heteroatoms. The fraction of sp³-hybridized carbons (Fsp3) is 0.429. The van der Waals surface area contributed by atoms with Crippen LogP contribution in [-0.4, -0.2) is 18.3 Å². The summed E-state index contributed by atoms with van der Waals surface area (Å²) in [6, 6.07) is 6.24. The van der Waals surface area contributed by atoms with E-state index < -0.39 is 0 Å². The predicted octanol–water partition coefficient (Wildman–Crippen LogP) is 2.80. The monoisotopic (exact) mass is 218 g/mol. The lowest BCUT2D eigenvalue weighted by atomic mass is 9.93. The van der Waals surface area contributed by atoms with Crippen molar-refractivity contribution in [1.29, 1.82) is 0 Å². The summed E-state index contributed by atoms with van der Waals surface area (Å²) in [5.41, 5.74) is 4.13. The molecule has 1 aromatic rings. The molecule has 0 heterocycles. The van der Waals surface area contributed by atoms with Gasteiger partial charge in [0.1, 0.15) is 5.75 Å². The van der Waals surface area contributed by atoms with Gasteiger partial charge in [0.25, 0.3) is 0 Å². The van der Waals surface area contributed by atoms with Crippen LogP contribution >= 0.6 is 0 Å². The second-order valence-electron chi connectivity index (χ2n) is 4.28. The Labute approximate surface area is 96.6 Å². The van der Waals surface area contributed by atoms with Gasteiger partial charge in [-0.05, 0) is 43.0 Å². The zero-order valence-electron chi connectivity index (χ0n) is 9.70. The molecule has 0 saturated heterocycles. The van der Waals surface area contributed by atoms with Crippen LogP contribution in [0, 0.1) is 0 Å². The van der Waals surface area contributed by atoms with Crippen LogP contribution in [0.25, 0.3) is 6.08 Å². The van der Waals surface area contributed by atoms with Crippen molar-refractivity contribution in [2.75, 3.05) is 13.2 Å². The van der Waals surface area contributed by atoms with Crippen molar-refractivity contribution >= 4 is 6.08 Å². The third-order valence-corrected chi connectivity index (χ3v) is 2.88. The minimum atomic E-state index is 0.187. The molecule has 1 N–H and O–H groups in total. The Bertz CT molecular complexity index is 394. The summed E-state index contributed by atoms with van der Waals surface area (Å²) in [6.07, 6.45) is 5.19. The molecule has 0 aromatic heterocycles. The van der Waals surface area contributed by atoms with Gasteiger partial charge in [0.2, 0.25) is 0 Å². The van der Waals surface area contributed by atoms with Gasteiger partial charge in [0.05, 0.1) is 6.61 Å². The molecule has 0 saturated carbocycles. The summed E-state index contributed by atoms with van der Waals surface area (Å²) >= 11 is 0. The summed E-state index contributed by atoms with van der Waals surface area (Å²) in [7, 11) is 0. The first-order valence-electron chi connectivity index (χ1n) is 5.83. The van der Waals surface area contributed by atoms with Crippen LogP contribution in [0.4, 0.5) is 0 Å². The number of fused-ring (bicyclic) bond motifs is 1. The van der Waals surface area contributed by atoms with Crippen LogP contribution < -0.4 is 4.74 Å². The summed E-state index contributed by atoms with van der Waals surface area (Å²) < 4.78 is 5.56. The Kier molecular flexibility index (Phi) is 3.62. The van der Waals surface area contributed by atoms with E-state index >= 15 is 0 Å². The zero-order valence-corrected chi connectivity index (χ0v) is 9.70. The van der Waals surface area contributed by atoms with E-state index in [0.717, 1.165) is 18.6 Å². The maximum absolute atomic E-state index is 8.68. The lowest BCUT2D eigenvalue weighted by molar-refractivity contribution is 0.233. The molecule has 2 nitrogen and oxygen atoms in total. The Morgan fingerprint density at radius 3 is 3.00 bits per heavy atom. The number of aryl methyl sites for hydroxylation is 1. The van der Waals surface area contributed by atoms with E-state index in [-0.39, 0.29) is 6.61 Å². The summed E-state index contributed by atoms with van der Waals surface area (Å²) in [5, 5.41) is 8.68. The molecule has 86 valence electrons. The molecule has 0 aliphatic heterocycles. The largest absolute Gasteiger partial charge is 0.493 e. The number of hydrogen-bond donors (Lipinski definition) is 1. The maximum atomic E-state index is 8.68. The van der Waals surface area contributed by atoms with Crippen molar-refractivity contribution in [2.45, 2.75) is 26.2 Å². The lowest BCUT2D eigenvalue weighted by Crippen LogP contribution is -2.02. The summed E-state index contributed by atoms with van der Waals surface area (Å²) in [4.78, 5) is 0. The van der Waals surface area contributed by atoms with E-state index in [2.05, 4.69) is 25.1 Å². The standard InChI is InChI=1S/C14H18O2/c1-11-3-4-13-10-14(16-8-2-7-15)6-5-12(13)9-11/h5-6,9-10,15H,2-4,7-8H2,1H3. The molecule has 0 atom stereocenters. The average Bonchev–Trinajstić information content (AvgIpc) is 2.29. The first-order chi connectivity index (χ1) is 7.79. The van der Waals surface area contributed by atoms with E-state index in [9.17, 15) is 0 Å². The second kappa shape index (κ2) is 5.17. The predicted molar refractivity (Wildman–Crippen MR) is 65.6 cm³/mol. The molecule has 0 amide bonds. The smallest absolute Gasteiger partial charge is 0.119 e. The van der Waals surface area contributed by atoms with Gasteiger partial charge in [-0.1, -0.05) is 17.7 Å². The summed E-state index contributed by atoms with van der Waals surface area (Å²) in [6.45, 7) is 2.95. The topological polar surface area (TPSA) is 29.5 Å². The SMILES string of the molecule is CC1=Cc2ccc(OCCCO)cc2CC1. The fourth-order valence-corrected chi connectivity index (χ4v) is 1.95. The van der Waals surface area contributed by atoms with Crippen molar-refractivity contribution in [3.05, 3.63) is 34.9 Å². The number of aliphatic hydroxyl groups is 1. The van der Waals surface area contributed by atoms with Gasteiger partial charge in [0.15, 0.2) is 0 Å². The molecule has 1 aromatic carbocycles.